The van der Waals surface area contributed by atoms with E-state index in [1.165, 1.54) is 6.92 Å². The Hall–Kier alpha value is -0.260. The Bertz CT molecular complexity index is 144. The van der Waals surface area contributed by atoms with Gasteiger partial charge in [-0.15, -0.1) is 0 Å². The number of thiol groups is 1. The summed E-state index contributed by atoms with van der Waals surface area (Å²) in [4.78, 5) is 10.9. The summed E-state index contributed by atoms with van der Waals surface area (Å²) in [6, 6.07) is 0. The molecule has 0 saturated heterocycles. The Morgan fingerprint density at radius 3 is 2.33 bits per heavy atom. The number of esters is 1. The van der Waals surface area contributed by atoms with Gasteiger partial charge in [0.05, 0.1) is 19.6 Å². The van der Waals surface area contributed by atoms with Crippen LogP contribution < -0.4 is 0 Å². The van der Waals surface area contributed by atoms with Crippen molar-refractivity contribution in [1.29, 1.82) is 0 Å². The lowest BCUT2D eigenvalue weighted by molar-refractivity contribution is -0.166. The molecule has 0 fully saturated rings. The molecule has 0 aromatic carbocycles. The molecule has 0 aliphatic carbocycles. The molecule has 12 heavy (non-hydrogen) atoms. The van der Waals surface area contributed by atoms with Gasteiger partial charge in [0.2, 0.25) is 0 Å². The summed E-state index contributed by atoms with van der Waals surface area (Å²) in [5, 5.41) is 17.5. The highest BCUT2D eigenvalue weighted by molar-refractivity contribution is 7.80. The molecule has 0 rings (SSSR count). The van der Waals surface area contributed by atoms with Crippen LogP contribution in [0.2, 0.25) is 0 Å². The van der Waals surface area contributed by atoms with Crippen LogP contribution in [0.15, 0.2) is 0 Å². The molecule has 0 bridgehead atoms. The molecule has 0 heterocycles. The van der Waals surface area contributed by atoms with Gasteiger partial charge in [-0.3, -0.25) is 4.79 Å². The minimum atomic E-state index is -1.17. The van der Waals surface area contributed by atoms with Gasteiger partial charge < -0.3 is 14.9 Å². The zero-order chi connectivity index (χ0) is 9.61. The normalized spacial score (nSPS) is 11.3. The quantitative estimate of drug-likeness (QED) is 0.411. The van der Waals surface area contributed by atoms with Gasteiger partial charge in [-0.1, -0.05) is 0 Å². The summed E-state index contributed by atoms with van der Waals surface area (Å²) in [7, 11) is 0. The minimum Gasteiger partial charge on any atom is -0.454 e. The van der Waals surface area contributed by atoms with Gasteiger partial charge in [-0.05, 0) is 6.92 Å². The highest BCUT2D eigenvalue weighted by atomic mass is 32.1. The molecular formula is C7H14O4S. The molecule has 0 radical (unpaired) electrons. The molecule has 0 aromatic heterocycles. The summed E-state index contributed by atoms with van der Waals surface area (Å²) in [5.74, 6) is -0.0678. The third kappa shape index (κ3) is 3.94. The van der Waals surface area contributed by atoms with E-state index in [1.54, 1.807) is 0 Å². The maximum atomic E-state index is 10.9. The lowest BCUT2D eigenvalue weighted by Crippen LogP contribution is -2.39. The predicted molar refractivity (Wildman–Crippen MR) is 47.1 cm³/mol. The van der Waals surface area contributed by atoms with Crippen molar-refractivity contribution in [2.24, 2.45) is 0 Å². The Balaban J connectivity index is 3.93. The van der Waals surface area contributed by atoms with E-state index >= 15 is 0 Å². The van der Waals surface area contributed by atoms with Crippen LogP contribution >= 0.6 is 12.6 Å². The number of carbonyl (C=O) groups excluding carboxylic acids is 1. The van der Waals surface area contributed by atoms with Gasteiger partial charge in [0, 0.05) is 5.75 Å². The first-order valence-electron chi connectivity index (χ1n) is 3.62. The summed E-state index contributed by atoms with van der Waals surface area (Å²) in [5.41, 5.74) is -1.17. The first-order valence-corrected chi connectivity index (χ1v) is 4.25. The molecule has 5 heteroatoms. The van der Waals surface area contributed by atoms with Crippen LogP contribution in [0.3, 0.4) is 0 Å². The van der Waals surface area contributed by atoms with Gasteiger partial charge in [0.1, 0.15) is 0 Å². The Kier molecular flexibility index (Phi) is 5.28. The molecule has 72 valence electrons. The zero-order valence-corrected chi connectivity index (χ0v) is 7.88. The van der Waals surface area contributed by atoms with E-state index < -0.39 is 11.6 Å². The molecule has 0 unspecified atom stereocenters. The second-order valence-corrected chi connectivity index (χ2v) is 3.16. The van der Waals surface area contributed by atoms with Crippen LogP contribution in [0.25, 0.3) is 0 Å². The van der Waals surface area contributed by atoms with Gasteiger partial charge >= 0.3 is 5.97 Å². The van der Waals surface area contributed by atoms with Crippen LogP contribution in [0.1, 0.15) is 13.3 Å². The molecule has 0 amide bonds. The third-order valence-corrected chi connectivity index (χ3v) is 1.57. The first-order chi connectivity index (χ1) is 5.58. The maximum absolute atomic E-state index is 10.9. The van der Waals surface area contributed by atoms with E-state index in [-0.39, 0.29) is 19.6 Å². The largest absolute Gasteiger partial charge is 0.454 e. The van der Waals surface area contributed by atoms with Crippen LogP contribution in [-0.2, 0) is 9.53 Å². The predicted octanol–water partition coefficient (Wildman–Crippen LogP) is -0.407. The molecule has 0 saturated carbocycles. The number of carbonyl (C=O) groups is 1. The van der Waals surface area contributed by atoms with Crippen molar-refractivity contribution in [3.05, 3.63) is 0 Å². The average Bonchev–Trinajstić information content (AvgIpc) is 2.05. The molecule has 2 N–H and O–H groups in total. The SMILES string of the molecule is CC(CO)(CO)OC(=O)CCS. The smallest absolute Gasteiger partial charge is 0.307 e. The van der Waals surface area contributed by atoms with E-state index in [0.29, 0.717) is 5.75 Å². The van der Waals surface area contributed by atoms with E-state index in [9.17, 15) is 4.79 Å². The lowest BCUT2D eigenvalue weighted by atomic mass is 10.1. The number of ether oxygens (including phenoxy) is 1. The van der Waals surface area contributed by atoms with Crippen molar-refractivity contribution in [2.45, 2.75) is 18.9 Å². The summed E-state index contributed by atoms with van der Waals surface area (Å²) in [6.45, 7) is 0.688. The van der Waals surface area contributed by atoms with Crippen LogP contribution in [0.4, 0.5) is 0 Å². The Morgan fingerprint density at radius 1 is 1.50 bits per heavy atom. The molecule has 0 aliphatic heterocycles. The minimum absolute atomic E-state index is 0.179. The van der Waals surface area contributed by atoms with Crippen LogP contribution in [0.5, 0.6) is 0 Å². The summed E-state index contributed by atoms with van der Waals surface area (Å²) < 4.78 is 4.79. The van der Waals surface area contributed by atoms with Crippen molar-refractivity contribution in [3.8, 4) is 0 Å². The Morgan fingerprint density at radius 2 is 2.00 bits per heavy atom. The molecule has 4 nitrogen and oxygen atoms in total. The molecule has 0 aromatic rings. The fraction of sp³-hybridized carbons (Fsp3) is 0.857. The fourth-order valence-electron chi connectivity index (χ4n) is 0.532. The molecular weight excluding hydrogens is 180 g/mol. The number of hydrogen-bond donors (Lipinski definition) is 3. The first kappa shape index (κ1) is 11.7. The zero-order valence-electron chi connectivity index (χ0n) is 6.99. The second kappa shape index (κ2) is 5.40. The number of rotatable bonds is 5. The van der Waals surface area contributed by atoms with Crippen molar-refractivity contribution >= 4 is 18.6 Å². The van der Waals surface area contributed by atoms with Crippen LogP contribution in [-0.4, -0.2) is 40.8 Å². The highest BCUT2D eigenvalue weighted by Crippen LogP contribution is 2.09. The van der Waals surface area contributed by atoms with E-state index in [4.69, 9.17) is 14.9 Å². The summed E-state index contributed by atoms with van der Waals surface area (Å²) >= 11 is 3.84. The fourth-order valence-corrected chi connectivity index (χ4v) is 0.714. The number of aliphatic hydroxyl groups is 2. The monoisotopic (exact) mass is 194 g/mol. The maximum Gasteiger partial charge on any atom is 0.307 e. The molecule has 0 spiro atoms. The summed E-state index contributed by atoms with van der Waals surface area (Å²) in [6.07, 6.45) is 0.179. The van der Waals surface area contributed by atoms with Gasteiger partial charge in [-0.25, -0.2) is 0 Å². The third-order valence-electron chi connectivity index (χ3n) is 1.35. The van der Waals surface area contributed by atoms with Crippen LogP contribution in [0, 0.1) is 0 Å². The van der Waals surface area contributed by atoms with Crippen molar-refractivity contribution in [3.63, 3.8) is 0 Å². The van der Waals surface area contributed by atoms with E-state index in [1.807, 2.05) is 0 Å². The highest BCUT2D eigenvalue weighted by Gasteiger charge is 2.26. The topological polar surface area (TPSA) is 66.8 Å². The molecule has 0 aliphatic rings. The van der Waals surface area contributed by atoms with Crippen molar-refractivity contribution < 1.29 is 19.7 Å². The number of aliphatic hydroxyl groups excluding tert-OH is 2. The standard InChI is InChI=1S/C7H14O4S/c1-7(4-8,5-9)11-6(10)2-3-12/h8-9,12H,2-5H2,1H3. The van der Waals surface area contributed by atoms with E-state index in [2.05, 4.69) is 12.6 Å². The molecule has 0 atom stereocenters. The van der Waals surface area contributed by atoms with Gasteiger partial charge in [-0.2, -0.15) is 12.6 Å². The van der Waals surface area contributed by atoms with Gasteiger partial charge in [0.25, 0.3) is 0 Å². The van der Waals surface area contributed by atoms with Crippen molar-refractivity contribution in [2.75, 3.05) is 19.0 Å². The van der Waals surface area contributed by atoms with Gasteiger partial charge in [0.15, 0.2) is 5.60 Å². The average molecular weight is 194 g/mol. The second-order valence-electron chi connectivity index (χ2n) is 2.71. The number of hydrogen-bond acceptors (Lipinski definition) is 5. The lowest BCUT2D eigenvalue weighted by Gasteiger charge is -2.24. The van der Waals surface area contributed by atoms with Crippen molar-refractivity contribution in [1.82, 2.24) is 0 Å². The van der Waals surface area contributed by atoms with E-state index in [0.717, 1.165) is 0 Å². The Labute approximate surface area is 76.9 Å².